The van der Waals surface area contributed by atoms with Crippen molar-refractivity contribution in [3.05, 3.63) is 34.1 Å². The first-order chi connectivity index (χ1) is 8.09. The van der Waals surface area contributed by atoms with E-state index < -0.39 is 5.82 Å². The van der Waals surface area contributed by atoms with Crippen LogP contribution in [-0.4, -0.2) is 36.6 Å². The van der Waals surface area contributed by atoms with Crippen molar-refractivity contribution in [2.75, 3.05) is 19.8 Å². The van der Waals surface area contributed by atoms with Gasteiger partial charge in [-0.25, -0.2) is 4.39 Å². The molecule has 0 spiro atoms. The van der Waals surface area contributed by atoms with Gasteiger partial charge in [0.15, 0.2) is 0 Å². The fourth-order valence-corrected chi connectivity index (χ4v) is 2.26. The van der Waals surface area contributed by atoms with Crippen molar-refractivity contribution in [2.45, 2.75) is 13.0 Å². The van der Waals surface area contributed by atoms with E-state index in [1.54, 1.807) is 11.0 Å². The number of ether oxygens (including phenoxy) is 1. The predicted molar refractivity (Wildman–Crippen MR) is 65.4 cm³/mol. The number of nitrogens with zero attached hydrogens (tertiary/aromatic N) is 1. The minimum atomic E-state index is -0.405. The monoisotopic (exact) mass is 301 g/mol. The average molecular weight is 302 g/mol. The van der Waals surface area contributed by atoms with Gasteiger partial charge in [0.25, 0.3) is 5.91 Å². The molecule has 1 aromatic rings. The zero-order valence-corrected chi connectivity index (χ0v) is 11.0. The molecule has 1 atom stereocenters. The molecule has 1 heterocycles. The number of morpholine rings is 1. The number of rotatable bonds is 1. The first kappa shape index (κ1) is 12.5. The quantitative estimate of drug-likeness (QED) is 0.797. The molecule has 0 unspecified atom stereocenters. The minimum absolute atomic E-state index is 0.0198. The Hall–Kier alpha value is -0.940. The number of hydrogen-bond donors (Lipinski definition) is 0. The third kappa shape index (κ3) is 2.66. The summed E-state index contributed by atoms with van der Waals surface area (Å²) in [6, 6.07) is 4.15. The maximum Gasteiger partial charge on any atom is 0.255 e. The van der Waals surface area contributed by atoms with Crippen molar-refractivity contribution in [3.8, 4) is 0 Å². The van der Waals surface area contributed by atoms with Gasteiger partial charge in [-0.1, -0.05) is 0 Å². The van der Waals surface area contributed by atoms with E-state index in [-0.39, 0.29) is 11.9 Å². The lowest BCUT2D eigenvalue weighted by molar-refractivity contribution is 0.00352. The van der Waals surface area contributed by atoms with Crippen LogP contribution in [0.25, 0.3) is 0 Å². The Balaban J connectivity index is 2.26. The van der Waals surface area contributed by atoms with Crippen LogP contribution in [0.3, 0.4) is 0 Å². The van der Waals surface area contributed by atoms with Gasteiger partial charge in [0.2, 0.25) is 0 Å². The summed E-state index contributed by atoms with van der Waals surface area (Å²) in [5, 5.41) is 0. The SMILES string of the molecule is C[C@@H]1COCCN1C(=O)c1cc(F)ccc1Br. The fraction of sp³-hybridized carbons (Fsp3) is 0.417. The number of hydrogen-bond acceptors (Lipinski definition) is 2. The van der Waals surface area contributed by atoms with Crippen LogP contribution < -0.4 is 0 Å². The first-order valence-electron chi connectivity index (χ1n) is 5.43. The smallest absolute Gasteiger partial charge is 0.255 e. The zero-order valence-electron chi connectivity index (χ0n) is 9.45. The normalized spacial score (nSPS) is 20.4. The van der Waals surface area contributed by atoms with Crippen LogP contribution in [0.4, 0.5) is 4.39 Å². The molecular formula is C12H13BrFNO2. The highest BCUT2D eigenvalue weighted by molar-refractivity contribution is 9.10. The van der Waals surface area contributed by atoms with Crippen molar-refractivity contribution in [2.24, 2.45) is 0 Å². The number of carbonyl (C=O) groups excluding carboxylic acids is 1. The molecule has 1 fully saturated rings. The highest BCUT2D eigenvalue weighted by atomic mass is 79.9. The Morgan fingerprint density at radius 3 is 3.06 bits per heavy atom. The van der Waals surface area contributed by atoms with E-state index in [0.717, 1.165) is 0 Å². The lowest BCUT2D eigenvalue weighted by Gasteiger charge is -2.33. The third-order valence-electron chi connectivity index (χ3n) is 2.79. The molecule has 0 bridgehead atoms. The molecule has 2 rings (SSSR count). The molecule has 3 nitrogen and oxygen atoms in total. The molecule has 1 saturated heterocycles. The van der Waals surface area contributed by atoms with Crippen LogP contribution in [0.2, 0.25) is 0 Å². The first-order valence-corrected chi connectivity index (χ1v) is 6.22. The van der Waals surface area contributed by atoms with E-state index in [1.165, 1.54) is 12.1 Å². The summed E-state index contributed by atoms with van der Waals surface area (Å²) in [4.78, 5) is 14.0. The van der Waals surface area contributed by atoms with E-state index >= 15 is 0 Å². The fourth-order valence-electron chi connectivity index (χ4n) is 1.84. The molecule has 0 aliphatic carbocycles. The van der Waals surface area contributed by atoms with Gasteiger partial charge in [-0.05, 0) is 41.1 Å². The van der Waals surface area contributed by atoms with Crippen LogP contribution in [0.15, 0.2) is 22.7 Å². The van der Waals surface area contributed by atoms with Gasteiger partial charge in [0.1, 0.15) is 5.82 Å². The van der Waals surface area contributed by atoms with Crippen LogP contribution in [0.1, 0.15) is 17.3 Å². The predicted octanol–water partition coefficient (Wildman–Crippen LogP) is 2.45. The van der Waals surface area contributed by atoms with Gasteiger partial charge in [-0.15, -0.1) is 0 Å². The molecule has 1 amide bonds. The molecule has 1 aliphatic rings. The van der Waals surface area contributed by atoms with E-state index in [9.17, 15) is 9.18 Å². The largest absolute Gasteiger partial charge is 0.377 e. The lowest BCUT2D eigenvalue weighted by Crippen LogP contribution is -2.47. The summed E-state index contributed by atoms with van der Waals surface area (Å²) in [5.41, 5.74) is 0.360. The second-order valence-electron chi connectivity index (χ2n) is 4.05. The topological polar surface area (TPSA) is 29.5 Å². The Kier molecular flexibility index (Phi) is 3.79. The molecular weight excluding hydrogens is 289 g/mol. The van der Waals surface area contributed by atoms with Crippen molar-refractivity contribution in [3.63, 3.8) is 0 Å². The summed E-state index contributed by atoms with van der Waals surface area (Å²) in [6.07, 6.45) is 0. The average Bonchev–Trinajstić information content (AvgIpc) is 2.32. The molecule has 17 heavy (non-hydrogen) atoms. The van der Waals surface area contributed by atoms with Gasteiger partial charge in [0, 0.05) is 11.0 Å². The van der Waals surface area contributed by atoms with Crippen molar-refractivity contribution in [1.29, 1.82) is 0 Å². The lowest BCUT2D eigenvalue weighted by atomic mass is 10.1. The Morgan fingerprint density at radius 2 is 2.35 bits per heavy atom. The van der Waals surface area contributed by atoms with Gasteiger partial charge in [-0.2, -0.15) is 0 Å². The summed E-state index contributed by atoms with van der Waals surface area (Å²) in [7, 11) is 0. The van der Waals surface area contributed by atoms with E-state index in [0.29, 0.717) is 29.8 Å². The molecule has 1 aromatic carbocycles. The maximum absolute atomic E-state index is 13.2. The van der Waals surface area contributed by atoms with Crippen molar-refractivity contribution >= 4 is 21.8 Å². The molecule has 0 N–H and O–H groups in total. The van der Waals surface area contributed by atoms with E-state index in [4.69, 9.17) is 4.74 Å². The van der Waals surface area contributed by atoms with Gasteiger partial charge >= 0.3 is 0 Å². The van der Waals surface area contributed by atoms with Crippen molar-refractivity contribution in [1.82, 2.24) is 4.90 Å². The highest BCUT2D eigenvalue weighted by Gasteiger charge is 2.26. The Morgan fingerprint density at radius 1 is 1.59 bits per heavy atom. The summed E-state index contributed by atoms with van der Waals surface area (Å²) < 4.78 is 19.0. The molecule has 0 aromatic heterocycles. The summed E-state index contributed by atoms with van der Waals surface area (Å²) in [5.74, 6) is -0.565. The standard InChI is InChI=1S/C12H13BrFNO2/c1-8-7-17-5-4-15(8)12(16)10-6-9(14)2-3-11(10)13/h2-3,6,8H,4-5,7H2,1H3/t8-/m1/s1. The maximum atomic E-state index is 13.2. The number of carbonyl (C=O) groups is 1. The van der Waals surface area contributed by atoms with Gasteiger partial charge in [0.05, 0.1) is 24.8 Å². The van der Waals surface area contributed by atoms with Crippen LogP contribution in [-0.2, 0) is 4.74 Å². The second kappa shape index (κ2) is 5.14. The molecule has 0 saturated carbocycles. The number of halogens is 2. The van der Waals surface area contributed by atoms with E-state index in [1.807, 2.05) is 6.92 Å². The van der Waals surface area contributed by atoms with Crippen LogP contribution in [0, 0.1) is 5.82 Å². The van der Waals surface area contributed by atoms with Gasteiger partial charge in [-0.3, -0.25) is 4.79 Å². The summed E-state index contributed by atoms with van der Waals surface area (Å²) in [6.45, 7) is 3.52. The minimum Gasteiger partial charge on any atom is -0.377 e. The molecule has 5 heteroatoms. The number of amides is 1. The van der Waals surface area contributed by atoms with Crippen LogP contribution in [0.5, 0.6) is 0 Å². The van der Waals surface area contributed by atoms with Crippen molar-refractivity contribution < 1.29 is 13.9 Å². The van der Waals surface area contributed by atoms with Gasteiger partial charge < -0.3 is 9.64 Å². The third-order valence-corrected chi connectivity index (χ3v) is 3.48. The highest BCUT2D eigenvalue weighted by Crippen LogP contribution is 2.21. The summed E-state index contributed by atoms with van der Waals surface area (Å²) >= 11 is 3.27. The Labute approximate surface area is 108 Å². The van der Waals surface area contributed by atoms with E-state index in [2.05, 4.69) is 15.9 Å². The Bertz CT molecular complexity index is 439. The molecule has 92 valence electrons. The van der Waals surface area contributed by atoms with Crippen LogP contribution >= 0.6 is 15.9 Å². The molecule has 1 aliphatic heterocycles. The zero-order chi connectivity index (χ0) is 12.4. The number of benzene rings is 1. The second-order valence-corrected chi connectivity index (χ2v) is 4.90. The molecule has 0 radical (unpaired) electrons.